The summed E-state index contributed by atoms with van der Waals surface area (Å²) in [6, 6.07) is 5.99. The molecule has 3 aliphatic heterocycles. The number of ether oxygens (including phenoxy) is 2. The van der Waals surface area contributed by atoms with Crippen molar-refractivity contribution in [2.75, 3.05) is 82.8 Å². The summed E-state index contributed by atoms with van der Waals surface area (Å²) < 4.78 is 12.2. The first-order valence-electron chi connectivity index (χ1n) is 16.8. The average Bonchev–Trinajstić information content (AvgIpc) is 3.87. The molecule has 4 fully saturated rings. The van der Waals surface area contributed by atoms with Gasteiger partial charge in [-0.25, -0.2) is 4.98 Å². The number of rotatable bonds is 11. The molecule has 0 bridgehead atoms. The van der Waals surface area contributed by atoms with Crippen molar-refractivity contribution in [3.05, 3.63) is 12.1 Å². The summed E-state index contributed by atoms with van der Waals surface area (Å²) >= 11 is 0. The third-order valence-electron chi connectivity index (χ3n) is 9.77. The van der Waals surface area contributed by atoms with Crippen LogP contribution in [0.25, 0.3) is 10.9 Å². The summed E-state index contributed by atoms with van der Waals surface area (Å²) in [7, 11) is 1.73. The van der Waals surface area contributed by atoms with Gasteiger partial charge in [0.25, 0.3) is 0 Å². The van der Waals surface area contributed by atoms with Crippen LogP contribution in [0.5, 0.6) is 11.5 Å². The Kier molecular flexibility index (Phi) is 9.87. The van der Waals surface area contributed by atoms with Gasteiger partial charge in [-0.1, -0.05) is 6.42 Å². The number of anilines is 2. The van der Waals surface area contributed by atoms with Crippen LogP contribution in [-0.4, -0.2) is 115 Å². The topological polar surface area (TPSA) is 69.2 Å². The summed E-state index contributed by atoms with van der Waals surface area (Å²) in [5, 5.41) is 4.88. The van der Waals surface area contributed by atoms with E-state index in [1.165, 1.54) is 58.3 Å². The number of nitrogens with zero attached hydrogens (tertiary/aromatic N) is 6. The summed E-state index contributed by atoms with van der Waals surface area (Å²) in [6.07, 6.45) is 11.2. The Morgan fingerprint density at radius 1 is 0.857 bits per heavy atom. The van der Waals surface area contributed by atoms with E-state index in [0.717, 1.165) is 98.6 Å². The maximum Gasteiger partial charge on any atom is 0.227 e. The summed E-state index contributed by atoms with van der Waals surface area (Å²) in [5.41, 5.74) is 0.926. The number of nitrogens with one attached hydrogen (secondary N) is 1. The van der Waals surface area contributed by atoms with E-state index in [-0.39, 0.29) is 0 Å². The molecule has 0 radical (unpaired) electrons. The number of methoxy groups -OCH3 is 1. The second-order valence-corrected chi connectivity index (χ2v) is 13.2. The first-order chi connectivity index (χ1) is 20.6. The molecule has 9 nitrogen and oxygen atoms in total. The van der Waals surface area contributed by atoms with Crippen LogP contribution in [0.2, 0.25) is 0 Å². The van der Waals surface area contributed by atoms with E-state index in [1.54, 1.807) is 7.11 Å². The Balaban J connectivity index is 1.22. The lowest BCUT2D eigenvalue weighted by Crippen LogP contribution is -2.40. The first-order valence-corrected chi connectivity index (χ1v) is 16.8. The quantitative estimate of drug-likeness (QED) is 0.376. The Morgan fingerprint density at radius 2 is 1.67 bits per heavy atom. The van der Waals surface area contributed by atoms with E-state index in [4.69, 9.17) is 19.4 Å². The standard InChI is InChI=1S/C33H53N7O2/c1-25(2)38-16-7-17-40(21-20-38)33-35-29-24-31(42-22-8-15-37-13-5-4-6-14-37)30(41-3)23-28(29)32(36-33)34-26-11-18-39(19-12-26)27-9-10-27/h23-27H,4-22H2,1-3H3,(H,34,35,36). The molecule has 2 aromatic rings. The van der Waals surface area contributed by atoms with Crippen molar-refractivity contribution < 1.29 is 9.47 Å². The smallest absolute Gasteiger partial charge is 0.227 e. The molecule has 0 unspecified atom stereocenters. The fourth-order valence-corrected chi connectivity index (χ4v) is 7.00. The van der Waals surface area contributed by atoms with Gasteiger partial charge < -0.3 is 29.5 Å². The number of fused-ring (bicyclic) bond motifs is 1. The zero-order chi connectivity index (χ0) is 28.9. The summed E-state index contributed by atoms with van der Waals surface area (Å²) in [5.74, 6) is 3.29. The van der Waals surface area contributed by atoms with Crippen molar-refractivity contribution in [3.63, 3.8) is 0 Å². The van der Waals surface area contributed by atoms with Crippen molar-refractivity contribution in [2.45, 2.75) is 89.8 Å². The first kappa shape index (κ1) is 29.7. The highest BCUT2D eigenvalue weighted by Crippen LogP contribution is 2.37. The third kappa shape index (κ3) is 7.40. The Hall–Kier alpha value is -2.36. The minimum atomic E-state index is 0.420. The van der Waals surface area contributed by atoms with Crippen molar-refractivity contribution in [2.24, 2.45) is 0 Å². The number of aromatic nitrogens is 2. The van der Waals surface area contributed by atoms with Gasteiger partial charge in [-0.3, -0.25) is 4.90 Å². The SMILES string of the molecule is COc1cc2c(NC3CCN(C4CC4)CC3)nc(N3CCCN(C(C)C)CC3)nc2cc1OCCCN1CCCCC1. The van der Waals surface area contributed by atoms with E-state index < -0.39 is 0 Å². The lowest BCUT2D eigenvalue weighted by atomic mass is 10.0. The molecule has 1 aromatic carbocycles. The van der Waals surface area contributed by atoms with Crippen LogP contribution < -0.4 is 19.7 Å². The maximum atomic E-state index is 6.34. The van der Waals surface area contributed by atoms with Crippen LogP contribution in [0.15, 0.2) is 12.1 Å². The average molecular weight is 580 g/mol. The van der Waals surface area contributed by atoms with E-state index in [9.17, 15) is 0 Å². The molecule has 4 aliphatic rings. The molecule has 1 aromatic heterocycles. The highest BCUT2D eigenvalue weighted by atomic mass is 16.5. The van der Waals surface area contributed by atoms with Gasteiger partial charge in [0.05, 0.1) is 19.2 Å². The lowest BCUT2D eigenvalue weighted by Gasteiger charge is -2.33. The summed E-state index contributed by atoms with van der Waals surface area (Å²) in [6.45, 7) is 15.2. The van der Waals surface area contributed by atoms with Crippen LogP contribution in [-0.2, 0) is 0 Å². The molecule has 4 heterocycles. The second-order valence-electron chi connectivity index (χ2n) is 13.2. The molecule has 0 spiro atoms. The molecular weight excluding hydrogens is 526 g/mol. The molecule has 42 heavy (non-hydrogen) atoms. The van der Waals surface area contributed by atoms with E-state index >= 15 is 0 Å². The van der Waals surface area contributed by atoms with Crippen molar-refractivity contribution in [3.8, 4) is 11.5 Å². The van der Waals surface area contributed by atoms with E-state index in [1.807, 2.05) is 0 Å². The zero-order valence-corrected chi connectivity index (χ0v) is 26.3. The number of likely N-dealkylation sites (tertiary alicyclic amines) is 2. The largest absolute Gasteiger partial charge is 0.493 e. The molecule has 0 atom stereocenters. The van der Waals surface area contributed by atoms with Crippen molar-refractivity contribution in [1.82, 2.24) is 24.7 Å². The second kappa shape index (κ2) is 14.0. The fourth-order valence-electron chi connectivity index (χ4n) is 7.00. The zero-order valence-electron chi connectivity index (χ0n) is 26.3. The predicted octanol–water partition coefficient (Wildman–Crippen LogP) is 4.85. The molecule has 232 valence electrons. The predicted molar refractivity (Wildman–Crippen MR) is 171 cm³/mol. The van der Waals surface area contributed by atoms with Gasteiger partial charge >= 0.3 is 0 Å². The van der Waals surface area contributed by atoms with E-state index in [0.29, 0.717) is 18.7 Å². The normalized spacial score (nSPS) is 22.0. The maximum absolute atomic E-state index is 6.34. The van der Waals surface area contributed by atoms with Crippen molar-refractivity contribution >= 4 is 22.7 Å². The van der Waals surface area contributed by atoms with Gasteiger partial charge in [-0.15, -0.1) is 0 Å². The molecule has 0 amide bonds. The fraction of sp³-hybridized carbons (Fsp3) is 0.758. The van der Waals surface area contributed by atoms with Crippen molar-refractivity contribution in [1.29, 1.82) is 0 Å². The van der Waals surface area contributed by atoms with Gasteiger partial charge in [-0.2, -0.15) is 4.98 Å². The number of hydrogen-bond acceptors (Lipinski definition) is 9. The van der Waals surface area contributed by atoms with E-state index in [2.05, 4.69) is 50.9 Å². The third-order valence-corrected chi connectivity index (χ3v) is 9.77. The van der Waals surface area contributed by atoms with Crippen LogP contribution >= 0.6 is 0 Å². The Morgan fingerprint density at radius 3 is 2.40 bits per heavy atom. The minimum Gasteiger partial charge on any atom is -0.493 e. The molecular formula is C33H53N7O2. The molecule has 1 saturated carbocycles. The number of piperidine rings is 2. The monoisotopic (exact) mass is 579 g/mol. The van der Waals surface area contributed by atoms with Crippen LogP contribution in [0, 0.1) is 0 Å². The molecule has 1 N–H and O–H groups in total. The molecule has 3 saturated heterocycles. The summed E-state index contributed by atoms with van der Waals surface area (Å²) in [4.78, 5) is 20.5. The Bertz CT molecular complexity index is 1160. The highest BCUT2D eigenvalue weighted by Gasteiger charge is 2.32. The van der Waals surface area contributed by atoms with Crippen LogP contribution in [0.1, 0.15) is 71.6 Å². The number of hydrogen-bond donors (Lipinski definition) is 1. The number of benzene rings is 1. The highest BCUT2D eigenvalue weighted by molar-refractivity contribution is 5.93. The van der Waals surface area contributed by atoms with Gasteiger partial charge in [0.1, 0.15) is 5.82 Å². The van der Waals surface area contributed by atoms with Crippen LogP contribution in [0.4, 0.5) is 11.8 Å². The Labute approximate surface area is 252 Å². The van der Waals surface area contributed by atoms with Gasteiger partial charge in [0.2, 0.25) is 5.95 Å². The molecule has 1 aliphatic carbocycles. The molecule has 9 heteroatoms. The van der Waals surface area contributed by atoms with Gasteiger partial charge in [-0.05, 0) is 84.4 Å². The van der Waals surface area contributed by atoms with Crippen LogP contribution in [0.3, 0.4) is 0 Å². The molecule has 6 rings (SSSR count). The van der Waals surface area contributed by atoms with Gasteiger partial charge in [0, 0.05) is 75.4 Å². The minimum absolute atomic E-state index is 0.420. The van der Waals surface area contributed by atoms with Gasteiger partial charge in [0.15, 0.2) is 11.5 Å². The lowest BCUT2D eigenvalue weighted by molar-refractivity contribution is 0.203.